The molecular weight excluding hydrogens is 236 g/mol. The summed E-state index contributed by atoms with van der Waals surface area (Å²) < 4.78 is 0. The quantitative estimate of drug-likeness (QED) is 0.468. The second-order valence-electron chi connectivity index (χ2n) is 3.08. The number of unbranched alkanes of at least 4 members (excludes halogenated alkanes) is 1. The Labute approximate surface area is 104 Å². The summed E-state index contributed by atoms with van der Waals surface area (Å²) in [5.74, 6) is 0. The van der Waals surface area contributed by atoms with Crippen LogP contribution in [0.3, 0.4) is 0 Å². The molecule has 0 saturated heterocycles. The molecule has 0 aliphatic rings. The third-order valence-corrected chi connectivity index (χ3v) is 1.77. The van der Waals surface area contributed by atoms with Gasteiger partial charge in [-0.05, 0) is 37.1 Å². The van der Waals surface area contributed by atoms with E-state index in [4.69, 9.17) is 10.2 Å². The Hall–Kier alpha value is -2.10. The highest BCUT2D eigenvalue weighted by Crippen LogP contribution is 2.16. The van der Waals surface area contributed by atoms with Gasteiger partial charge in [0.25, 0.3) is 0 Å². The third-order valence-electron chi connectivity index (χ3n) is 1.77. The molecule has 0 bridgehead atoms. The van der Waals surface area contributed by atoms with Crippen molar-refractivity contribution in [3.8, 4) is 0 Å². The molecule has 0 amide bonds. The lowest BCUT2D eigenvalue weighted by Gasteiger charge is -1.89. The van der Waals surface area contributed by atoms with Gasteiger partial charge in [0, 0.05) is 13.2 Å². The molecule has 18 heavy (non-hydrogen) atoms. The third kappa shape index (κ3) is 8.10. The first-order chi connectivity index (χ1) is 8.78. The zero-order valence-corrected chi connectivity index (χ0v) is 9.74. The van der Waals surface area contributed by atoms with E-state index in [1.165, 1.54) is 12.2 Å². The van der Waals surface area contributed by atoms with Crippen LogP contribution in [0.15, 0.2) is 34.3 Å². The topological polar surface area (TPSA) is 99.3 Å². The minimum atomic E-state index is 0.195. The number of rotatable bonds is 5. The summed E-state index contributed by atoms with van der Waals surface area (Å²) in [4.78, 5) is 26.3. The lowest BCUT2D eigenvalue weighted by atomic mass is 10.3. The summed E-state index contributed by atoms with van der Waals surface area (Å²) in [6.07, 6.45) is 4.24. The van der Waals surface area contributed by atoms with Crippen LogP contribution in [0, 0.1) is 0 Å². The van der Waals surface area contributed by atoms with E-state index in [2.05, 4.69) is 9.98 Å². The Kier molecular flexibility index (Phi) is 10.1. The molecule has 6 heteroatoms. The van der Waals surface area contributed by atoms with Gasteiger partial charge in [0.2, 0.25) is 12.2 Å². The van der Waals surface area contributed by atoms with Crippen LogP contribution in [-0.2, 0) is 9.59 Å². The van der Waals surface area contributed by atoms with E-state index in [0.29, 0.717) is 11.4 Å². The van der Waals surface area contributed by atoms with E-state index in [1.807, 2.05) is 0 Å². The Bertz CT molecular complexity index is 377. The summed E-state index contributed by atoms with van der Waals surface area (Å²) in [5.41, 5.74) is 0.963. The number of nitrogens with zero attached hydrogens (tertiary/aromatic N) is 2. The smallest absolute Gasteiger partial charge is 0.240 e. The van der Waals surface area contributed by atoms with Gasteiger partial charge in [-0.15, -0.1) is 0 Å². The van der Waals surface area contributed by atoms with Gasteiger partial charge in [0.05, 0.1) is 11.4 Å². The van der Waals surface area contributed by atoms with Crippen LogP contribution in [0.25, 0.3) is 0 Å². The molecule has 0 aliphatic carbocycles. The molecule has 0 radical (unpaired) electrons. The monoisotopic (exact) mass is 250 g/mol. The minimum absolute atomic E-state index is 0.195. The van der Waals surface area contributed by atoms with Crippen LogP contribution in [0.4, 0.5) is 11.4 Å². The van der Waals surface area contributed by atoms with Crippen LogP contribution in [0.2, 0.25) is 0 Å². The van der Waals surface area contributed by atoms with Crippen molar-refractivity contribution in [2.75, 3.05) is 13.2 Å². The Morgan fingerprint density at radius 1 is 0.833 bits per heavy atom. The Balaban J connectivity index is 0.000000411. The molecule has 0 aliphatic heterocycles. The SMILES string of the molecule is O=C=Nc1ccc(N=C=O)cc1.OCCCCO. The fourth-order valence-corrected chi connectivity index (χ4v) is 0.931. The maximum atomic E-state index is 9.81. The van der Waals surface area contributed by atoms with Crippen molar-refractivity contribution >= 4 is 23.5 Å². The first-order valence-corrected chi connectivity index (χ1v) is 5.26. The summed E-state index contributed by atoms with van der Waals surface area (Å²) in [7, 11) is 0. The van der Waals surface area contributed by atoms with Gasteiger partial charge < -0.3 is 10.2 Å². The second-order valence-corrected chi connectivity index (χ2v) is 3.08. The normalized spacial score (nSPS) is 8.33. The standard InChI is InChI=1S/C8H4N2O2.C4H10O2/c11-5-9-7-1-2-8(4-3-7)10-6-12;5-3-1-2-4-6/h1-4H;5-6H,1-4H2. The van der Waals surface area contributed by atoms with Crippen molar-refractivity contribution in [3.63, 3.8) is 0 Å². The zero-order valence-electron chi connectivity index (χ0n) is 9.74. The molecule has 6 nitrogen and oxygen atoms in total. The molecule has 0 heterocycles. The number of aliphatic hydroxyl groups excluding tert-OH is 2. The number of hydrogen-bond acceptors (Lipinski definition) is 6. The van der Waals surface area contributed by atoms with Crippen molar-refractivity contribution in [2.24, 2.45) is 9.98 Å². The predicted octanol–water partition coefficient (Wildman–Crippen LogP) is 1.37. The second kappa shape index (κ2) is 11.4. The molecular formula is C12H14N2O4. The fraction of sp³-hybridized carbons (Fsp3) is 0.333. The highest BCUT2D eigenvalue weighted by atomic mass is 16.3. The number of benzene rings is 1. The largest absolute Gasteiger partial charge is 0.396 e. The molecule has 96 valence electrons. The van der Waals surface area contributed by atoms with Crippen LogP contribution < -0.4 is 0 Å². The van der Waals surface area contributed by atoms with E-state index in [0.717, 1.165) is 12.8 Å². The molecule has 1 rings (SSSR count). The molecule has 0 unspecified atom stereocenters. The molecule has 0 saturated carbocycles. The molecule has 1 aromatic rings. The molecule has 0 spiro atoms. The zero-order chi connectivity index (χ0) is 13.6. The van der Waals surface area contributed by atoms with Crippen molar-refractivity contribution < 1.29 is 19.8 Å². The maximum absolute atomic E-state index is 9.81. The summed E-state index contributed by atoms with van der Waals surface area (Å²) in [6, 6.07) is 6.23. The van der Waals surface area contributed by atoms with Crippen molar-refractivity contribution in [1.82, 2.24) is 0 Å². The number of carbonyl (C=O) groups excluding carboxylic acids is 2. The maximum Gasteiger partial charge on any atom is 0.240 e. The highest BCUT2D eigenvalue weighted by Gasteiger charge is 1.89. The van der Waals surface area contributed by atoms with E-state index in [-0.39, 0.29) is 13.2 Å². The summed E-state index contributed by atoms with van der Waals surface area (Å²) >= 11 is 0. The van der Waals surface area contributed by atoms with Gasteiger partial charge in [-0.3, -0.25) is 0 Å². The van der Waals surface area contributed by atoms with Crippen LogP contribution in [0.5, 0.6) is 0 Å². The highest BCUT2D eigenvalue weighted by molar-refractivity contribution is 5.55. The van der Waals surface area contributed by atoms with Crippen LogP contribution >= 0.6 is 0 Å². The number of aliphatic hydroxyl groups is 2. The lowest BCUT2D eigenvalue weighted by Crippen LogP contribution is -1.85. The van der Waals surface area contributed by atoms with Gasteiger partial charge >= 0.3 is 0 Å². The summed E-state index contributed by atoms with van der Waals surface area (Å²) in [6.45, 7) is 0.390. The van der Waals surface area contributed by atoms with Gasteiger partial charge in [0.15, 0.2) is 0 Å². The van der Waals surface area contributed by atoms with Crippen molar-refractivity contribution in [1.29, 1.82) is 0 Å². The van der Waals surface area contributed by atoms with Crippen molar-refractivity contribution in [2.45, 2.75) is 12.8 Å². The average molecular weight is 250 g/mol. The molecule has 0 atom stereocenters. The van der Waals surface area contributed by atoms with Gasteiger partial charge in [0.1, 0.15) is 0 Å². The van der Waals surface area contributed by atoms with Crippen molar-refractivity contribution in [3.05, 3.63) is 24.3 Å². The first-order valence-electron chi connectivity index (χ1n) is 5.26. The van der Waals surface area contributed by atoms with Gasteiger partial charge in [-0.25, -0.2) is 9.59 Å². The first kappa shape index (κ1) is 15.9. The molecule has 0 fully saturated rings. The van der Waals surface area contributed by atoms with Crippen LogP contribution in [-0.4, -0.2) is 35.6 Å². The van der Waals surface area contributed by atoms with E-state index in [9.17, 15) is 9.59 Å². The van der Waals surface area contributed by atoms with E-state index < -0.39 is 0 Å². The molecule has 0 aromatic heterocycles. The summed E-state index contributed by atoms with van der Waals surface area (Å²) in [5, 5.41) is 16.2. The van der Waals surface area contributed by atoms with E-state index in [1.54, 1.807) is 24.3 Å². The Morgan fingerprint density at radius 2 is 1.17 bits per heavy atom. The number of isocyanates is 2. The molecule has 2 N–H and O–H groups in total. The number of hydrogen-bond donors (Lipinski definition) is 2. The predicted molar refractivity (Wildman–Crippen MR) is 65.4 cm³/mol. The average Bonchev–Trinajstić information content (AvgIpc) is 2.40. The van der Waals surface area contributed by atoms with Gasteiger partial charge in [-0.2, -0.15) is 9.98 Å². The lowest BCUT2D eigenvalue weighted by molar-refractivity contribution is 0.242. The fourth-order valence-electron chi connectivity index (χ4n) is 0.931. The minimum Gasteiger partial charge on any atom is -0.396 e. The van der Waals surface area contributed by atoms with Crippen LogP contribution in [0.1, 0.15) is 12.8 Å². The van der Waals surface area contributed by atoms with E-state index >= 15 is 0 Å². The Morgan fingerprint density at radius 3 is 1.39 bits per heavy atom. The number of aliphatic imine (C=N–C) groups is 2. The molecule has 1 aromatic carbocycles. The van der Waals surface area contributed by atoms with Gasteiger partial charge in [-0.1, -0.05) is 0 Å².